The second-order valence-electron chi connectivity index (χ2n) is 5.98. The van der Waals surface area contributed by atoms with Crippen molar-refractivity contribution in [3.63, 3.8) is 0 Å². The Morgan fingerprint density at radius 1 is 1.36 bits per heavy atom. The van der Waals surface area contributed by atoms with Gasteiger partial charge in [-0.3, -0.25) is 0 Å². The summed E-state index contributed by atoms with van der Waals surface area (Å²) in [5.74, 6) is 0.962. The Bertz CT molecular complexity index is 461. The van der Waals surface area contributed by atoms with Gasteiger partial charge in [-0.05, 0) is 56.7 Å². The Labute approximate surface area is 139 Å². The molecule has 1 aliphatic heterocycles. The van der Waals surface area contributed by atoms with Crippen molar-refractivity contribution in [2.45, 2.75) is 52.6 Å². The molecule has 2 rings (SSSR count). The number of likely N-dealkylation sites (tertiary alicyclic amines) is 1. The van der Waals surface area contributed by atoms with E-state index < -0.39 is 0 Å². The highest BCUT2D eigenvalue weighted by atomic mass is 32.1. The first kappa shape index (κ1) is 17.3. The lowest BCUT2D eigenvalue weighted by Crippen LogP contribution is -2.48. The Balaban J connectivity index is 1.85. The molecule has 1 aliphatic rings. The maximum atomic E-state index is 4.76. The van der Waals surface area contributed by atoms with Gasteiger partial charge in [0.25, 0.3) is 0 Å². The molecular weight excluding hydrogens is 292 g/mol. The van der Waals surface area contributed by atoms with Gasteiger partial charge in [0.2, 0.25) is 0 Å². The number of nitrogens with zero attached hydrogens (tertiary/aromatic N) is 2. The summed E-state index contributed by atoms with van der Waals surface area (Å²) >= 11 is 1.79. The number of hydrogen-bond acceptors (Lipinski definition) is 3. The Kier molecular flexibility index (Phi) is 7.19. The fourth-order valence-electron chi connectivity index (χ4n) is 2.85. The molecule has 0 spiro atoms. The van der Waals surface area contributed by atoms with Gasteiger partial charge in [-0.15, -0.1) is 11.3 Å². The lowest BCUT2D eigenvalue weighted by Gasteiger charge is -2.32. The predicted octanol–water partition coefficient (Wildman–Crippen LogP) is 2.99. The third-order valence-corrected chi connectivity index (χ3v) is 5.17. The van der Waals surface area contributed by atoms with Crippen LogP contribution in [0.25, 0.3) is 0 Å². The van der Waals surface area contributed by atoms with Crippen LogP contribution in [-0.2, 0) is 6.54 Å². The molecule has 0 aliphatic carbocycles. The van der Waals surface area contributed by atoms with Crippen molar-refractivity contribution in [3.05, 3.63) is 21.9 Å². The van der Waals surface area contributed by atoms with Gasteiger partial charge in [0.15, 0.2) is 5.96 Å². The molecule has 0 bridgehead atoms. The monoisotopic (exact) mass is 322 g/mol. The normalized spacial score (nSPS) is 17.7. The van der Waals surface area contributed by atoms with E-state index in [0.717, 1.165) is 19.0 Å². The van der Waals surface area contributed by atoms with Crippen LogP contribution in [0, 0.1) is 6.92 Å². The molecule has 1 saturated heterocycles. The van der Waals surface area contributed by atoms with Crippen molar-refractivity contribution >= 4 is 17.3 Å². The number of hydrogen-bond donors (Lipinski definition) is 2. The molecule has 5 heteroatoms. The second kappa shape index (κ2) is 9.16. The van der Waals surface area contributed by atoms with Gasteiger partial charge in [-0.25, -0.2) is 4.99 Å². The number of rotatable bonds is 6. The zero-order valence-corrected chi connectivity index (χ0v) is 15.0. The van der Waals surface area contributed by atoms with Crippen LogP contribution in [0.3, 0.4) is 0 Å². The summed E-state index contributed by atoms with van der Waals surface area (Å²) in [6, 6.07) is 2.72. The summed E-state index contributed by atoms with van der Waals surface area (Å²) in [6.07, 6.45) is 3.67. The molecule has 0 radical (unpaired) electrons. The molecule has 0 saturated carbocycles. The highest BCUT2D eigenvalue weighted by Crippen LogP contribution is 2.16. The van der Waals surface area contributed by atoms with Gasteiger partial charge in [-0.1, -0.05) is 6.92 Å². The summed E-state index contributed by atoms with van der Waals surface area (Å²) in [4.78, 5) is 8.68. The zero-order valence-electron chi connectivity index (χ0n) is 14.2. The molecule has 0 unspecified atom stereocenters. The molecule has 124 valence electrons. The molecule has 2 heterocycles. The van der Waals surface area contributed by atoms with Gasteiger partial charge in [0, 0.05) is 30.6 Å². The maximum absolute atomic E-state index is 4.76. The predicted molar refractivity (Wildman–Crippen MR) is 96.8 cm³/mol. The fourth-order valence-corrected chi connectivity index (χ4v) is 3.68. The van der Waals surface area contributed by atoms with Crippen LogP contribution < -0.4 is 10.6 Å². The standard InChI is InChI=1S/C17H30N4S/c1-4-9-21-10-6-15(7-11-21)20-17(18-5-2)19-13-16-14(3)8-12-22-16/h8,12,15H,4-7,9-11,13H2,1-3H3,(H2,18,19,20). The highest BCUT2D eigenvalue weighted by molar-refractivity contribution is 7.10. The Morgan fingerprint density at radius 3 is 2.73 bits per heavy atom. The van der Waals surface area contributed by atoms with Gasteiger partial charge >= 0.3 is 0 Å². The van der Waals surface area contributed by atoms with Crippen molar-refractivity contribution in [1.29, 1.82) is 0 Å². The average Bonchev–Trinajstić information content (AvgIpc) is 2.92. The number of aryl methyl sites for hydroxylation is 1. The second-order valence-corrected chi connectivity index (χ2v) is 6.98. The lowest BCUT2D eigenvalue weighted by molar-refractivity contribution is 0.206. The minimum atomic E-state index is 0.551. The summed E-state index contributed by atoms with van der Waals surface area (Å²) in [5.41, 5.74) is 1.34. The van der Waals surface area contributed by atoms with Crippen LogP contribution >= 0.6 is 11.3 Å². The molecule has 0 amide bonds. The number of piperidine rings is 1. The molecule has 1 fully saturated rings. The Morgan fingerprint density at radius 2 is 2.14 bits per heavy atom. The number of guanidine groups is 1. The van der Waals surface area contributed by atoms with Gasteiger partial charge in [-0.2, -0.15) is 0 Å². The van der Waals surface area contributed by atoms with Crippen LogP contribution in [0.4, 0.5) is 0 Å². The van der Waals surface area contributed by atoms with E-state index in [-0.39, 0.29) is 0 Å². The SMILES string of the molecule is CCCN1CCC(NC(=NCc2sccc2C)NCC)CC1. The van der Waals surface area contributed by atoms with Gasteiger partial charge < -0.3 is 15.5 Å². The molecule has 1 aromatic rings. The first-order valence-electron chi connectivity index (χ1n) is 8.53. The average molecular weight is 323 g/mol. The van der Waals surface area contributed by atoms with Crippen LogP contribution in [0.5, 0.6) is 0 Å². The maximum Gasteiger partial charge on any atom is 0.191 e. The summed E-state index contributed by atoms with van der Waals surface area (Å²) in [5, 5.41) is 9.14. The van der Waals surface area contributed by atoms with Crippen molar-refractivity contribution in [2.24, 2.45) is 4.99 Å². The third-order valence-electron chi connectivity index (χ3n) is 4.16. The van der Waals surface area contributed by atoms with Crippen molar-refractivity contribution in [2.75, 3.05) is 26.2 Å². The van der Waals surface area contributed by atoms with Crippen LogP contribution in [-0.4, -0.2) is 43.1 Å². The number of thiophene rings is 1. The Hall–Kier alpha value is -1.07. The number of nitrogens with one attached hydrogen (secondary N) is 2. The number of aliphatic imine (C=N–C) groups is 1. The van der Waals surface area contributed by atoms with Crippen LogP contribution in [0.1, 0.15) is 43.6 Å². The molecular formula is C17H30N4S. The topological polar surface area (TPSA) is 39.7 Å². The van der Waals surface area contributed by atoms with E-state index in [4.69, 9.17) is 4.99 Å². The molecule has 0 aromatic carbocycles. The van der Waals surface area contributed by atoms with E-state index in [2.05, 4.69) is 47.8 Å². The van der Waals surface area contributed by atoms with Gasteiger partial charge in [0.05, 0.1) is 6.54 Å². The van der Waals surface area contributed by atoms with Gasteiger partial charge in [0.1, 0.15) is 0 Å². The van der Waals surface area contributed by atoms with E-state index >= 15 is 0 Å². The van der Waals surface area contributed by atoms with Crippen molar-refractivity contribution in [1.82, 2.24) is 15.5 Å². The molecule has 22 heavy (non-hydrogen) atoms. The van der Waals surface area contributed by atoms with Crippen molar-refractivity contribution in [3.8, 4) is 0 Å². The third kappa shape index (κ3) is 5.29. The fraction of sp³-hybridized carbons (Fsp3) is 0.706. The van der Waals surface area contributed by atoms with E-state index in [0.29, 0.717) is 6.04 Å². The summed E-state index contributed by atoms with van der Waals surface area (Å²) in [7, 11) is 0. The van der Waals surface area contributed by atoms with E-state index in [1.807, 2.05) is 0 Å². The first-order chi connectivity index (χ1) is 10.7. The molecule has 2 N–H and O–H groups in total. The zero-order chi connectivity index (χ0) is 15.8. The summed E-state index contributed by atoms with van der Waals surface area (Å²) < 4.78 is 0. The van der Waals surface area contributed by atoms with E-state index in [9.17, 15) is 0 Å². The minimum Gasteiger partial charge on any atom is -0.357 e. The highest BCUT2D eigenvalue weighted by Gasteiger charge is 2.19. The molecule has 4 nitrogen and oxygen atoms in total. The largest absolute Gasteiger partial charge is 0.357 e. The summed E-state index contributed by atoms with van der Waals surface area (Å²) in [6.45, 7) is 11.9. The quantitative estimate of drug-likeness (QED) is 0.625. The van der Waals surface area contributed by atoms with E-state index in [1.165, 1.54) is 49.3 Å². The molecule has 0 atom stereocenters. The molecule has 1 aromatic heterocycles. The first-order valence-corrected chi connectivity index (χ1v) is 9.41. The van der Waals surface area contributed by atoms with E-state index in [1.54, 1.807) is 11.3 Å². The van der Waals surface area contributed by atoms with Crippen LogP contribution in [0.15, 0.2) is 16.4 Å². The minimum absolute atomic E-state index is 0.551. The lowest BCUT2D eigenvalue weighted by atomic mass is 10.1. The van der Waals surface area contributed by atoms with Crippen LogP contribution in [0.2, 0.25) is 0 Å². The smallest absolute Gasteiger partial charge is 0.191 e. The van der Waals surface area contributed by atoms with Crippen molar-refractivity contribution < 1.29 is 0 Å².